The second-order valence-corrected chi connectivity index (χ2v) is 37.1. The number of furan rings is 6. The minimum Gasteiger partial charge on any atom is -0.455 e. The first-order valence-corrected chi connectivity index (χ1v) is 49.7. The van der Waals surface area contributed by atoms with Crippen LogP contribution in [-0.2, 0) is 20.4 Å². The van der Waals surface area contributed by atoms with Gasteiger partial charge in [0, 0.05) is 193 Å². The summed E-state index contributed by atoms with van der Waals surface area (Å²) in [5.41, 5.74) is 41.6. The molecule has 4 N–H and O–H groups in total. The third kappa shape index (κ3) is 19.5. The van der Waals surface area contributed by atoms with Crippen LogP contribution in [0.3, 0.4) is 0 Å². The molecule has 26 aromatic rings. The van der Waals surface area contributed by atoms with Gasteiger partial charge < -0.3 is 47.8 Å². The van der Waals surface area contributed by atoms with E-state index in [-0.39, 0.29) is 31.8 Å². The molecule has 18 heteroatoms. The monoisotopic (exact) mass is 2150 g/mol. The Kier molecular flexibility index (Phi) is 27.3. The van der Waals surface area contributed by atoms with Crippen molar-refractivity contribution >= 4 is 145 Å². The molecule has 6 heterocycles. The summed E-state index contributed by atoms with van der Waals surface area (Å²) in [6, 6.07) is 171. The maximum atomic E-state index is 11.2. The van der Waals surface area contributed by atoms with Gasteiger partial charge in [-0.15, -0.1) is 0 Å². The van der Waals surface area contributed by atoms with E-state index in [0.29, 0.717) is 45.2 Å². The summed E-state index contributed by atoms with van der Waals surface area (Å²) in [6.45, 7) is 0. The van der Waals surface area contributed by atoms with Crippen molar-refractivity contribution in [1.82, 2.24) is 0 Å². The van der Waals surface area contributed by atoms with Crippen molar-refractivity contribution in [2.24, 2.45) is 0 Å². The Bertz CT molecular complexity index is 8660. The number of non-ortho nitro benzene ring substituents is 2. The SMILES string of the molecule is Ic1ccccc1.Nc1ccc(-c2oc3cc4c(-c5ccccc5)c(-c5ccc(N)cc5)oc4cc3c2-c2ccccc2)cc1.O=[N+]([O-])c1ccc(-c2oc3cc4c(-c5ccccc5)c(-c5ccc([N+](=O)[O-])cc5)oc4cc3c2-c2ccccc2)cc1.[Pd].c1ccc(-c2c(-c3ccc(N(c4ccccc4)c4ccccc4)cc3)oc3cc4c(-c5ccccc5)c(-c5ccc(N(c6ccccc6)c6ccccc6)cc5)oc4cc23)cc1. The van der Waals surface area contributed by atoms with E-state index in [1.807, 2.05) is 200 Å². The number of nitro groups is 2. The van der Waals surface area contributed by atoms with Gasteiger partial charge in [-0.1, -0.05) is 273 Å². The molecule has 0 fully saturated rings. The van der Waals surface area contributed by atoms with Gasteiger partial charge in [0.15, 0.2) is 0 Å². The number of fused-ring (bicyclic) bond motifs is 6. The zero-order valence-electron chi connectivity index (χ0n) is 80.3. The zero-order chi connectivity index (χ0) is 101. The Morgan fingerprint density at radius 2 is 0.347 bits per heavy atom. The molecule has 0 saturated heterocycles. The van der Waals surface area contributed by atoms with Crippen molar-refractivity contribution in [3.8, 4) is 135 Å². The van der Waals surface area contributed by atoms with Gasteiger partial charge in [0.1, 0.15) is 68.1 Å². The minimum absolute atomic E-state index is 0. The molecule has 20 aromatic carbocycles. The number of para-hydroxylation sites is 4. The third-order valence-corrected chi connectivity index (χ3v) is 27.2. The van der Waals surface area contributed by atoms with Crippen LogP contribution in [0.25, 0.3) is 201 Å². The summed E-state index contributed by atoms with van der Waals surface area (Å²) in [5, 5.41) is 28.1. The molecular formula is C132H89IN6O10Pd. The molecule has 0 bridgehead atoms. The number of nitrogens with two attached hydrogens (primary N) is 2. The first kappa shape index (κ1) is 95.9. The van der Waals surface area contributed by atoms with Crippen LogP contribution in [0.2, 0.25) is 0 Å². The zero-order valence-corrected chi connectivity index (χ0v) is 84.0. The van der Waals surface area contributed by atoms with E-state index in [4.69, 9.17) is 38.0 Å². The number of nitro benzene ring substituents is 2. The van der Waals surface area contributed by atoms with E-state index in [2.05, 4.69) is 299 Å². The molecule has 6 aromatic heterocycles. The number of hydrogen-bond donors (Lipinski definition) is 2. The summed E-state index contributed by atoms with van der Waals surface area (Å²) in [6.07, 6.45) is 0. The van der Waals surface area contributed by atoms with Crippen molar-refractivity contribution in [3.05, 3.63) is 539 Å². The molecule has 16 nitrogen and oxygen atoms in total. The first-order chi connectivity index (χ1) is 73.3. The fraction of sp³-hybridized carbons (Fsp3) is 0. The number of anilines is 8. The predicted octanol–water partition coefficient (Wildman–Crippen LogP) is 37.8. The van der Waals surface area contributed by atoms with Crippen LogP contribution in [-0.4, -0.2) is 9.85 Å². The standard InChI is InChI=1S/C58H40N2O2.C34H20N2O6.C34H24N2O2.C6H5I.Pd/c1-7-19-41(20-8-1)55-51-39-54-52(40-53(51)61-57(55)43-31-35-49(36-32-43)59(45-23-11-3-12-24-45)46-25-13-4-14-26-46)56(42-21-9-2-10-22-42)58(62-54)44-33-37-50(38-34-44)60(47-27-15-5-16-28-47)48-29-17-6-18-30-48;37-35(38)25-15-11-23(12-16-25)33-31(21-7-3-1-4-8-21)27-19-30-28(20-29(27)41-33)32(22-9-5-2-6-10-22)34(42-30)24-13-17-26(18-14-24)36(39)40;35-25-15-11-23(12-16-25)33-31(21-7-3-1-4-8-21)27-19-30-28(20-29(27)37-33)32(22-9-5-2-6-10-22)34(38-30)24-13-17-26(36)18-14-24;7-6-4-2-1-3-5-6;/h1-40H;1-20H;1-20H,35-36H2;1-5H;. The molecule has 26 rings (SSSR count). The molecule has 0 radical (unpaired) electrons. The largest absolute Gasteiger partial charge is 0.455 e. The van der Waals surface area contributed by atoms with E-state index in [9.17, 15) is 20.2 Å². The van der Waals surface area contributed by atoms with E-state index >= 15 is 0 Å². The molecule has 0 saturated carbocycles. The van der Waals surface area contributed by atoms with Crippen LogP contribution >= 0.6 is 22.6 Å². The molecule has 724 valence electrons. The number of nitrogen functional groups attached to an aromatic ring is 2. The van der Waals surface area contributed by atoms with E-state index in [1.165, 1.54) is 27.8 Å². The Labute approximate surface area is 890 Å². The van der Waals surface area contributed by atoms with Crippen LogP contribution < -0.4 is 21.3 Å². The summed E-state index contributed by atoms with van der Waals surface area (Å²) >= 11 is 2.28. The number of halogens is 1. The molecule has 0 unspecified atom stereocenters. The quantitative estimate of drug-likeness (QED) is 0.0238. The Morgan fingerprint density at radius 1 is 0.193 bits per heavy atom. The van der Waals surface area contributed by atoms with Crippen molar-refractivity contribution < 1.29 is 56.8 Å². The average Bonchev–Trinajstić information content (AvgIpc) is 1.58. The summed E-state index contributed by atoms with van der Waals surface area (Å²) in [4.78, 5) is 26.2. The van der Waals surface area contributed by atoms with Crippen molar-refractivity contribution in [3.63, 3.8) is 0 Å². The van der Waals surface area contributed by atoms with Crippen LogP contribution in [0, 0.1) is 23.8 Å². The van der Waals surface area contributed by atoms with Crippen LogP contribution in [0.15, 0.2) is 542 Å². The predicted molar refractivity (Wildman–Crippen MR) is 614 cm³/mol. The summed E-state index contributed by atoms with van der Waals surface area (Å²) < 4.78 is 41.5. The fourth-order valence-corrected chi connectivity index (χ4v) is 19.9. The maximum Gasteiger partial charge on any atom is 0.269 e. The van der Waals surface area contributed by atoms with Crippen molar-refractivity contribution in [1.29, 1.82) is 0 Å². The molecule has 150 heavy (non-hydrogen) atoms. The maximum absolute atomic E-state index is 11.2. The van der Waals surface area contributed by atoms with Gasteiger partial charge in [-0.05, 0) is 274 Å². The molecule has 0 atom stereocenters. The van der Waals surface area contributed by atoms with Gasteiger partial charge in [-0.25, -0.2) is 0 Å². The molecule has 0 spiro atoms. The van der Waals surface area contributed by atoms with Gasteiger partial charge in [0.25, 0.3) is 11.4 Å². The number of nitrogens with zero attached hydrogens (tertiary/aromatic N) is 4. The Balaban J connectivity index is 0.000000127. The summed E-state index contributed by atoms with van der Waals surface area (Å²) in [7, 11) is 0. The van der Waals surface area contributed by atoms with Gasteiger partial charge >= 0.3 is 0 Å². The summed E-state index contributed by atoms with van der Waals surface area (Å²) in [5.74, 6) is 4.42. The van der Waals surface area contributed by atoms with Crippen molar-refractivity contribution in [2.45, 2.75) is 0 Å². The van der Waals surface area contributed by atoms with E-state index in [0.717, 1.165) is 201 Å². The Hall–Kier alpha value is -19.0. The number of benzene rings is 20. The topological polar surface area (TPSA) is 224 Å². The Morgan fingerprint density at radius 3 is 0.513 bits per heavy atom. The number of hydrogen-bond acceptors (Lipinski definition) is 14. The molecule has 0 amide bonds. The van der Waals surface area contributed by atoms with Gasteiger partial charge in [-0.2, -0.15) is 0 Å². The second-order valence-electron chi connectivity index (χ2n) is 35.8. The van der Waals surface area contributed by atoms with E-state index in [1.54, 1.807) is 24.3 Å². The number of rotatable bonds is 20. The first-order valence-electron chi connectivity index (χ1n) is 48.6. The van der Waals surface area contributed by atoms with Gasteiger partial charge in [-0.3, -0.25) is 20.2 Å². The van der Waals surface area contributed by atoms with Gasteiger partial charge in [0.05, 0.1) is 9.85 Å². The van der Waals surface area contributed by atoms with Gasteiger partial charge in [0.2, 0.25) is 0 Å². The average molecular weight is 2150 g/mol. The second kappa shape index (κ2) is 42.8. The third-order valence-electron chi connectivity index (χ3n) is 26.5. The molecule has 0 aliphatic carbocycles. The van der Waals surface area contributed by atoms with Crippen LogP contribution in [0.4, 0.5) is 56.9 Å². The molecule has 0 aliphatic heterocycles. The van der Waals surface area contributed by atoms with Crippen molar-refractivity contribution in [2.75, 3.05) is 21.3 Å². The fourth-order valence-electron chi connectivity index (χ4n) is 19.5. The molecular weight excluding hydrogens is 2060 g/mol. The normalized spacial score (nSPS) is 11.1. The van der Waals surface area contributed by atoms with Crippen LogP contribution in [0.5, 0.6) is 0 Å². The van der Waals surface area contributed by atoms with E-state index < -0.39 is 9.85 Å². The minimum atomic E-state index is -0.428. The van der Waals surface area contributed by atoms with Crippen LogP contribution in [0.1, 0.15) is 0 Å². The smallest absolute Gasteiger partial charge is 0.269 e. The molecule has 0 aliphatic rings.